The molecule has 0 aliphatic rings. The Morgan fingerprint density at radius 3 is 2.17 bits per heavy atom. The lowest BCUT2D eigenvalue weighted by atomic mass is 9.99. The lowest BCUT2D eigenvalue weighted by Gasteiger charge is -2.08. The summed E-state index contributed by atoms with van der Waals surface area (Å²) in [5.41, 5.74) is 8.74. The zero-order valence-corrected chi connectivity index (χ0v) is 13.9. The average Bonchev–Trinajstić information content (AvgIpc) is 2.89. The van der Waals surface area contributed by atoms with Gasteiger partial charge in [-0.1, -0.05) is 30.3 Å². The Morgan fingerprint density at radius 2 is 1.43 bits per heavy atom. The number of fused-ring (bicyclic) bond motifs is 3. The molecule has 4 aromatic rings. The SMILES string of the molecule is Cc1cccc(C)c1-c1ccc2c(n1)oc1c(C)c(C)ccc12. The molecule has 0 amide bonds. The zero-order valence-electron chi connectivity index (χ0n) is 13.9. The van der Waals surface area contributed by atoms with Crippen LogP contribution in [-0.2, 0) is 0 Å². The van der Waals surface area contributed by atoms with Gasteiger partial charge in [-0.3, -0.25) is 0 Å². The zero-order chi connectivity index (χ0) is 16.1. The molecular formula is C21H19NO. The molecule has 0 aliphatic heterocycles. The highest BCUT2D eigenvalue weighted by molar-refractivity contribution is 6.05. The van der Waals surface area contributed by atoms with Crippen molar-refractivity contribution in [3.8, 4) is 11.3 Å². The lowest BCUT2D eigenvalue weighted by molar-refractivity contribution is 0.651. The number of benzene rings is 2. The molecule has 0 radical (unpaired) electrons. The van der Waals surface area contributed by atoms with Crippen LogP contribution in [-0.4, -0.2) is 4.98 Å². The molecule has 0 N–H and O–H groups in total. The topological polar surface area (TPSA) is 26.0 Å². The van der Waals surface area contributed by atoms with E-state index < -0.39 is 0 Å². The van der Waals surface area contributed by atoms with Crippen molar-refractivity contribution in [2.75, 3.05) is 0 Å². The molecule has 0 bridgehead atoms. The van der Waals surface area contributed by atoms with E-state index in [2.05, 4.69) is 70.2 Å². The largest absolute Gasteiger partial charge is 0.437 e. The molecule has 0 spiro atoms. The standard InChI is InChI=1S/C21H19NO/c1-12-8-9-16-17-10-11-18(19-13(2)6-5-7-14(19)3)22-21(17)23-20(16)15(12)4/h5-11H,1-4H3. The van der Waals surface area contributed by atoms with Crippen molar-refractivity contribution in [1.29, 1.82) is 0 Å². The van der Waals surface area contributed by atoms with Gasteiger partial charge in [0, 0.05) is 16.3 Å². The van der Waals surface area contributed by atoms with Crippen LogP contribution in [0.15, 0.2) is 46.9 Å². The molecule has 0 atom stereocenters. The van der Waals surface area contributed by atoms with Gasteiger partial charge < -0.3 is 4.42 Å². The van der Waals surface area contributed by atoms with E-state index in [0.717, 1.165) is 22.0 Å². The Balaban J connectivity index is 2.02. The minimum atomic E-state index is 0.717. The molecular weight excluding hydrogens is 282 g/mol. The van der Waals surface area contributed by atoms with Gasteiger partial charge in [0.25, 0.3) is 0 Å². The Kier molecular flexibility index (Phi) is 3.02. The molecule has 0 saturated heterocycles. The van der Waals surface area contributed by atoms with E-state index in [1.807, 2.05) is 0 Å². The number of hydrogen-bond acceptors (Lipinski definition) is 2. The van der Waals surface area contributed by atoms with Crippen LogP contribution in [0.25, 0.3) is 33.3 Å². The third-order valence-corrected chi connectivity index (χ3v) is 4.76. The van der Waals surface area contributed by atoms with Crippen molar-refractivity contribution in [3.05, 3.63) is 64.7 Å². The van der Waals surface area contributed by atoms with Crippen LogP contribution in [0.4, 0.5) is 0 Å². The monoisotopic (exact) mass is 301 g/mol. The summed E-state index contributed by atoms with van der Waals surface area (Å²) in [6.07, 6.45) is 0. The van der Waals surface area contributed by atoms with Gasteiger partial charge in [0.05, 0.1) is 5.69 Å². The van der Waals surface area contributed by atoms with Crippen molar-refractivity contribution in [2.45, 2.75) is 27.7 Å². The normalized spacial score (nSPS) is 11.5. The number of nitrogens with zero attached hydrogens (tertiary/aromatic N) is 1. The number of rotatable bonds is 1. The number of pyridine rings is 1. The van der Waals surface area contributed by atoms with Crippen LogP contribution in [0, 0.1) is 27.7 Å². The van der Waals surface area contributed by atoms with Gasteiger partial charge in [-0.2, -0.15) is 0 Å². The molecule has 2 aromatic carbocycles. The van der Waals surface area contributed by atoms with E-state index in [1.165, 1.54) is 27.8 Å². The minimum absolute atomic E-state index is 0.717. The first kappa shape index (κ1) is 14.0. The molecule has 0 aliphatic carbocycles. The Labute approximate surface area is 135 Å². The van der Waals surface area contributed by atoms with Crippen molar-refractivity contribution in [3.63, 3.8) is 0 Å². The van der Waals surface area contributed by atoms with Crippen molar-refractivity contribution in [1.82, 2.24) is 4.98 Å². The van der Waals surface area contributed by atoms with Gasteiger partial charge in [-0.25, -0.2) is 4.98 Å². The third-order valence-electron chi connectivity index (χ3n) is 4.76. The van der Waals surface area contributed by atoms with E-state index >= 15 is 0 Å². The number of furan rings is 1. The van der Waals surface area contributed by atoms with E-state index in [0.29, 0.717) is 5.71 Å². The summed E-state index contributed by atoms with van der Waals surface area (Å²) < 4.78 is 6.09. The molecule has 2 nitrogen and oxygen atoms in total. The summed E-state index contributed by atoms with van der Waals surface area (Å²) in [6.45, 7) is 8.46. The minimum Gasteiger partial charge on any atom is -0.437 e. The van der Waals surface area contributed by atoms with Crippen LogP contribution >= 0.6 is 0 Å². The van der Waals surface area contributed by atoms with Crippen LogP contribution in [0.3, 0.4) is 0 Å². The Bertz CT molecular complexity index is 1040. The Hall–Kier alpha value is -2.61. The number of aryl methyl sites for hydroxylation is 4. The highest BCUT2D eigenvalue weighted by Crippen LogP contribution is 2.34. The molecule has 2 aromatic heterocycles. The van der Waals surface area contributed by atoms with Gasteiger partial charge >= 0.3 is 0 Å². The molecule has 0 saturated carbocycles. The third kappa shape index (κ3) is 2.06. The van der Waals surface area contributed by atoms with E-state index in [-0.39, 0.29) is 0 Å². The average molecular weight is 301 g/mol. The molecule has 2 heteroatoms. The van der Waals surface area contributed by atoms with Gasteiger partial charge in [-0.15, -0.1) is 0 Å². The molecule has 0 fully saturated rings. The van der Waals surface area contributed by atoms with Crippen molar-refractivity contribution in [2.24, 2.45) is 0 Å². The fourth-order valence-corrected chi connectivity index (χ4v) is 3.31. The molecule has 0 unspecified atom stereocenters. The quantitative estimate of drug-likeness (QED) is 0.438. The summed E-state index contributed by atoms with van der Waals surface area (Å²) in [4.78, 5) is 4.81. The first-order chi connectivity index (χ1) is 11.1. The van der Waals surface area contributed by atoms with E-state index in [4.69, 9.17) is 9.40 Å². The maximum absolute atomic E-state index is 6.09. The van der Waals surface area contributed by atoms with E-state index in [1.54, 1.807) is 0 Å². The maximum Gasteiger partial charge on any atom is 0.227 e. The highest BCUT2D eigenvalue weighted by Gasteiger charge is 2.14. The second kappa shape index (κ2) is 4.95. The first-order valence-corrected chi connectivity index (χ1v) is 7.92. The smallest absolute Gasteiger partial charge is 0.227 e. The predicted octanol–water partition coefficient (Wildman–Crippen LogP) is 5.88. The summed E-state index contributed by atoms with van der Waals surface area (Å²) >= 11 is 0. The van der Waals surface area contributed by atoms with Crippen LogP contribution in [0.5, 0.6) is 0 Å². The van der Waals surface area contributed by atoms with Gasteiger partial charge in [-0.05, 0) is 62.1 Å². The Morgan fingerprint density at radius 1 is 0.739 bits per heavy atom. The van der Waals surface area contributed by atoms with Crippen molar-refractivity contribution >= 4 is 22.1 Å². The number of hydrogen-bond donors (Lipinski definition) is 0. The van der Waals surface area contributed by atoms with Gasteiger partial charge in [0.1, 0.15) is 5.58 Å². The fraction of sp³-hybridized carbons (Fsp3) is 0.190. The molecule has 23 heavy (non-hydrogen) atoms. The summed E-state index contributed by atoms with van der Waals surface area (Å²) in [7, 11) is 0. The highest BCUT2D eigenvalue weighted by atomic mass is 16.3. The molecule has 114 valence electrons. The fourth-order valence-electron chi connectivity index (χ4n) is 3.31. The van der Waals surface area contributed by atoms with Crippen LogP contribution < -0.4 is 0 Å². The van der Waals surface area contributed by atoms with Gasteiger partial charge in [0.2, 0.25) is 5.71 Å². The van der Waals surface area contributed by atoms with Crippen LogP contribution in [0.1, 0.15) is 22.3 Å². The van der Waals surface area contributed by atoms with Gasteiger partial charge in [0.15, 0.2) is 0 Å². The van der Waals surface area contributed by atoms with Crippen LogP contribution in [0.2, 0.25) is 0 Å². The lowest BCUT2D eigenvalue weighted by Crippen LogP contribution is -1.90. The maximum atomic E-state index is 6.09. The summed E-state index contributed by atoms with van der Waals surface area (Å²) in [5, 5.41) is 2.22. The summed E-state index contributed by atoms with van der Waals surface area (Å²) in [6, 6.07) is 14.8. The summed E-state index contributed by atoms with van der Waals surface area (Å²) in [5.74, 6) is 0. The second-order valence-electron chi connectivity index (χ2n) is 6.30. The molecule has 4 rings (SSSR count). The first-order valence-electron chi connectivity index (χ1n) is 7.92. The van der Waals surface area contributed by atoms with Crippen molar-refractivity contribution < 1.29 is 4.42 Å². The predicted molar refractivity (Wildman–Crippen MR) is 95.9 cm³/mol. The van der Waals surface area contributed by atoms with E-state index in [9.17, 15) is 0 Å². The number of aromatic nitrogens is 1. The second-order valence-corrected chi connectivity index (χ2v) is 6.30. The molecule has 2 heterocycles.